The molecular weight excluding hydrogens is 933 g/mol. The van der Waals surface area contributed by atoms with E-state index in [1.165, 1.54) is 21.8 Å². The molecule has 0 fully saturated rings. The molecular formula is C69H40N4O3. The molecule has 76 heavy (non-hydrogen) atoms. The molecule has 0 amide bonds. The van der Waals surface area contributed by atoms with Crippen molar-refractivity contribution in [2.45, 2.75) is 0 Å². The summed E-state index contributed by atoms with van der Waals surface area (Å²) >= 11 is 0. The average molecular weight is 973 g/mol. The molecule has 0 N–H and O–H groups in total. The molecule has 354 valence electrons. The van der Waals surface area contributed by atoms with E-state index in [1.807, 2.05) is 60.7 Å². The number of fused-ring (bicyclic) bond motifs is 12. The molecule has 0 atom stereocenters. The lowest BCUT2D eigenvalue weighted by molar-refractivity contribution is 0.668. The first-order valence-electron chi connectivity index (χ1n) is 25.5. The number of hydrogen-bond donors (Lipinski definition) is 0. The Kier molecular flexibility index (Phi) is 9.20. The zero-order chi connectivity index (χ0) is 49.8. The fourth-order valence-corrected chi connectivity index (χ4v) is 11.5. The molecule has 0 aliphatic heterocycles. The Bertz CT molecular complexity index is 4990. The van der Waals surface area contributed by atoms with Crippen LogP contribution in [0.15, 0.2) is 256 Å². The van der Waals surface area contributed by atoms with Crippen molar-refractivity contribution in [3.8, 4) is 73.2 Å². The highest BCUT2D eigenvalue weighted by atomic mass is 16.3. The lowest BCUT2D eigenvalue weighted by Gasteiger charge is -2.10. The zero-order valence-electron chi connectivity index (χ0n) is 40.6. The van der Waals surface area contributed by atoms with Crippen LogP contribution in [0.2, 0.25) is 0 Å². The molecule has 16 rings (SSSR count). The highest BCUT2D eigenvalue weighted by Crippen LogP contribution is 2.44. The standard InChI is InChI=1S/C69H40N4O3/c1-3-13-42(14-4-1)67-70-68(43-27-25-41(26-28-43)46-29-33-52-51-18-8-10-22-59(51)76-64(52)40-46)72-69(71-67)53-20-12-24-63-66(53)56-39-47(32-36-61(56)75-63)49-19-11-23-62-65(49)55-38-45(31-35-60(55)74-62)44-30-34-58-54(37-44)50-17-7-9-21-57(50)73(58)48-15-5-2-6-16-48/h1-40H. The molecule has 0 aliphatic carbocycles. The molecule has 0 aliphatic rings. The Morgan fingerprint density at radius 3 is 1.49 bits per heavy atom. The SMILES string of the molecule is c1ccc(-c2nc(-c3ccc(-c4ccc5c(c4)oc4ccccc45)cc3)nc(-c3cccc4oc5ccc(-c6cccc7oc8ccc(-c9ccc%10c(c9)c9ccccc9n%10-c9ccccc9)cc8c67)cc5c34)n2)cc1. The second kappa shape index (κ2) is 16.6. The van der Waals surface area contributed by atoms with Gasteiger partial charge in [0.25, 0.3) is 0 Å². The van der Waals surface area contributed by atoms with E-state index in [2.05, 4.69) is 187 Å². The summed E-state index contributed by atoms with van der Waals surface area (Å²) in [5, 5.41) is 8.66. The van der Waals surface area contributed by atoms with Crippen molar-refractivity contribution in [3.63, 3.8) is 0 Å². The highest BCUT2D eigenvalue weighted by Gasteiger charge is 2.21. The van der Waals surface area contributed by atoms with Crippen LogP contribution in [0.4, 0.5) is 0 Å². The van der Waals surface area contributed by atoms with E-state index in [0.717, 1.165) is 122 Å². The molecule has 7 heteroatoms. The van der Waals surface area contributed by atoms with E-state index < -0.39 is 0 Å². The quantitative estimate of drug-likeness (QED) is 0.158. The number of aromatic nitrogens is 4. The van der Waals surface area contributed by atoms with Gasteiger partial charge in [0.1, 0.15) is 33.5 Å². The first kappa shape index (κ1) is 42.2. The van der Waals surface area contributed by atoms with Crippen molar-refractivity contribution in [1.82, 2.24) is 19.5 Å². The zero-order valence-corrected chi connectivity index (χ0v) is 40.6. The molecule has 0 saturated heterocycles. The van der Waals surface area contributed by atoms with Gasteiger partial charge in [0, 0.05) is 65.5 Å². The third-order valence-corrected chi connectivity index (χ3v) is 15.1. The van der Waals surface area contributed by atoms with Gasteiger partial charge in [-0.2, -0.15) is 0 Å². The van der Waals surface area contributed by atoms with E-state index in [9.17, 15) is 0 Å². The van der Waals surface area contributed by atoms with Crippen LogP contribution < -0.4 is 0 Å². The number of rotatable bonds is 7. The van der Waals surface area contributed by atoms with Crippen molar-refractivity contribution in [3.05, 3.63) is 243 Å². The molecule has 16 aromatic rings. The summed E-state index contributed by atoms with van der Waals surface area (Å²) in [7, 11) is 0. The Labute approximate surface area is 434 Å². The molecule has 0 unspecified atom stereocenters. The predicted octanol–water partition coefficient (Wildman–Crippen LogP) is 18.7. The molecule has 0 radical (unpaired) electrons. The molecule has 7 nitrogen and oxygen atoms in total. The molecule has 0 spiro atoms. The molecule has 5 heterocycles. The van der Waals surface area contributed by atoms with E-state index in [1.54, 1.807) is 0 Å². The van der Waals surface area contributed by atoms with Gasteiger partial charge >= 0.3 is 0 Å². The van der Waals surface area contributed by atoms with Crippen LogP contribution in [0.5, 0.6) is 0 Å². The van der Waals surface area contributed by atoms with Crippen molar-refractivity contribution >= 4 is 87.6 Å². The van der Waals surface area contributed by atoms with E-state index in [-0.39, 0.29) is 0 Å². The monoisotopic (exact) mass is 972 g/mol. The first-order valence-corrected chi connectivity index (χ1v) is 25.5. The Morgan fingerprint density at radius 2 is 0.724 bits per heavy atom. The van der Waals surface area contributed by atoms with Gasteiger partial charge < -0.3 is 17.8 Å². The second-order valence-electron chi connectivity index (χ2n) is 19.5. The van der Waals surface area contributed by atoms with E-state index in [0.29, 0.717) is 17.5 Å². The maximum absolute atomic E-state index is 6.63. The van der Waals surface area contributed by atoms with E-state index in [4.69, 9.17) is 28.2 Å². The van der Waals surface area contributed by atoms with Gasteiger partial charge in [-0.15, -0.1) is 0 Å². The van der Waals surface area contributed by atoms with Gasteiger partial charge in [-0.25, -0.2) is 15.0 Å². The van der Waals surface area contributed by atoms with Gasteiger partial charge in [0.2, 0.25) is 0 Å². The lowest BCUT2D eigenvalue weighted by atomic mass is 9.95. The summed E-state index contributed by atoms with van der Waals surface area (Å²) in [6.07, 6.45) is 0. The summed E-state index contributed by atoms with van der Waals surface area (Å²) in [5.41, 5.74) is 17.6. The second-order valence-corrected chi connectivity index (χ2v) is 19.5. The minimum absolute atomic E-state index is 0.556. The van der Waals surface area contributed by atoms with Crippen LogP contribution in [0.1, 0.15) is 0 Å². The molecule has 0 saturated carbocycles. The van der Waals surface area contributed by atoms with Crippen LogP contribution in [0, 0.1) is 0 Å². The van der Waals surface area contributed by atoms with Gasteiger partial charge in [-0.05, 0) is 118 Å². The average Bonchev–Trinajstić information content (AvgIpc) is 4.31. The van der Waals surface area contributed by atoms with Crippen molar-refractivity contribution in [2.75, 3.05) is 0 Å². The van der Waals surface area contributed by atoms with Crippen LogP contribution >= 0.6 is 0 Å². The summed E-state index contributed by atoms with van der Waals surface area (Å²) in [4.78, 5) is 15.5. The summed E-state index contributed by atoms with van der Waals surface area (Å²) in [6, 6.07) is 84.6. The summed E-state index contributed by atoms with van der Waals surface area (Å²) in [6.45, 7) is 0. The molecule has 5 aromatic heterocycles. The Morgan fingerprint density at radius 1 is 0.250 bits per heavy atom. The number of para-hydroxylation sites is 3. The largest absolute Gasteiger partial charge is 0.456 e. The normalized spacial score (nSPS) is 11.9. The first-order chi connectivity index (χ1) is 37.6. The van der Waals surface area contributed by atoms with Crippen molar-refractivity contribution < 1.29 is 13.3 Å². The van der Waals surface area contributed by atoms with Crippen LogP contribution in [-0.2, 0) is 0 Å². The van der Waals surface area contributed by atoms with Crippen LogP contribution in [0.3, 0.4) is 0 Å². The minimum Gasteiger partial charge on any atom is -0.456 e. The third-order valence-electron chi connectivity index (χ3n) is 15.1. The number of hydrogen-bond acceptors (Lipinski definition) is 6. The molecule has 11 aromatic carbocycles. The number of nitrogens with zero attached hydrogens (tertiary/aromatic N) is 4. The van der Waals surface area contributed by atoms with Crippen LogP contribution in [0.25, 0.3) is 161 Å². The van der Waals surface area contributed by atoms with E-state index >= 15 is 0 Å². The fraction of sp³-hybridized carbons (Fsp3) is 0. The topological polar surface area (TPSA) is 83.0 Å². The smallest absolute Gasteiger partial charge is 0.164 e. The fourth-order valence-electron chi connectivity index (χ4n) is 11.5. The predicted molar refractivity (Wildman–Crippen MR) is 309 cm³/mol. The number of furan rings is 3. The maximum Gasteiger partial charge on any atom is 0.164 e. The Balaban J connectivity index is 0.804. The molecule has 0 bridgehead atoms. The van der Waals surface area contributed by atoms with Gasteiger partial charge in [0.05, 0.1) is 11.0 Å². The lowest BCUT2D eigenvalue weighted by Crippen LogP contribution is -2.00. The maximum atomic E-state index is 6.63. The van der Waals surface area contributed by atoms with Gasteiger partial charge in [-0.1, -0.05) is 158 Å². The third kappa shape index (κ3) is 6.66. The Hall–Kier alpha value is -10.4. The van der Waals surface area contributed by atoms with Gasteiger partial charge in [-0.3, -0.25) is 0 Å². The minimum atomic E-state index is 0.556. The summed E-state index contributed by atoms with van der Waals surface area (Å²) < 4.78 is 21.8. The van der Waals surface area contributed by atoms with Gasteiger partial charge in [0.15, 0.2) is 17.5 Å². The van der Waals surface area contributed by atoms with Crippen molar-refractivity contribution in [1.29, 1.82) is 0 Å². The van der Waals surface area contributed by atoms with Crippen LogP contribution in [-0.4, -0.2) is 19.5 Å². The highest BCUT2D eigenvalue weighted by molar-refractivity contribution is 6.17. The number of benzene rings is 11. The van der Waals surface area contributed by atoms with Crippen molar-refractivity contribution in [2.24, 2.45) is 0 Å². The summed E-state index contributed by atoms with van der Waals surface area (Å²) in [5.74, 6) is 1.72.